The summed E-state index contributed by atoms with van der Waals surface area (Å²) in [5, 5.41) is 2.95. The Balaban J connectivity index is 1.50. The second-order valence-corrected chi connectivity index (χ2v) is 5.62. The standard InChI is InChI=1S/C20H16N2O2/c23-20-18-7-3-4-8-19(18)21-14-22(20)11-12-24-17-10-9-15-5-1-2-6-16(15)13-17/h1-10,13-14H,11-12H2. The molecule has 4 rings (SSSR count). The van der Waals surface area contributed by atoms with Crippen LogP contribution in [0.1, 0.15) is 0 Å². The molecule has 4 nitrogen and oxygen atoms in total. The van der Waals surface area contributed by atoms with Gasteiger partial charge in [0, 0.05) is 0 Å². The van der Waals surface area contributed by atoms with E-state index in [4.69, 9.17) is 4.74 Å². The highest BCUT2D eigenvalue weighted by Gasteiger charge is 2.03. The summed E-state index contributed by atoms with van der Waals surface area (Å²) in [6.07, 6.45) is 1.58. The Bertz CT molecular complexity index is 1070. The van der Waals surface area contributed by atoms with Gasteiger partial charge in [-0.1, -0.05) is 42.5 Å². The molecule has 0 saturated carbocycles. The summed E-state index contributed by atoms with van der Waals surface area (Å²) in [7, 11) is 0. The van der Waals surface area contributed by atoms with Crippen LogP contribution in [0.5, 0.6) is 5.75 Å². The molecule has 0 atom stereocenters. The second kappa shape index (κ2) is 6.16. The van der Waals surface area contributed by atoms with Gasteiger partial charge in [0.1, 0.15) is 12.4 Å². The minimum Gasteiger partial charge on any atom is -0.492 e. The zero-order valence-electron chi connectivity index (χ0n) is 13.1. The van der Waals surface area contributed by atoms with Crippen molar-refractivity contribution in [3.05, 3.63) is 83.4 Å². The van der Waals surface area contributed by atoms with Gasteiger partial charge in [-0.05, 0) is 35.0 Å². The molecule has 0 amide bonds. The molecule has 24 heavy (non-hydrogen) atoms. The van der Waals surface area contributed by atoms with Crippen LogP contribution in [0, 0.1) is 0 Å². The smallest absolute Gasteiger partial charge is 0.261 e. The molecule has 0 spiro atoms. The Hall–Kier alpha value is -3.14. The number of fused-ring (bicyclic) bond motifs is 2. The number of nitrogens with zero attached hydrogens (tertiary/aromatic N) is 2. The third-order valence-electron chi connectivity index (χ3n) is 4.05. The number of ether oxygens (including phenoxy) is 1. The van der Waals surface area contributed by atoms with Crippen LogP contribution in [0.25, 0.3) is 21.7 Å². The fraction of sp³-hybridized carbons (Fsp3) is 0.100. The number of benzene rings is 3. The summed E-state index contributed by atoms with van der Waals surface area (Å²) >= 11 is 0. The van der Waals surface area contributed by atoms with Crippen molar-refractivity contribution in [2.45, 2.75) is 6.54 Å². The maximum absolute atomic E-state index is 12.4. The van der Waals surface area contributed by atoms with E-state index in [1.807, 2.05) is 48.5 Å². The van der Waals surface area contributed by atoms with Crippen LogP contribution in [0.4, 0.5) is 0 Å². The average molecular weight is 316 g/mol. The summed E-state index contributed by atoms with van der Waals surface area (Å²) in [4.78, 5) is 16.7. The Kier molecular flexibility index (Phi) is 3.71. The zero-order valence-corrected chi connectivity index (χ0v) is 13.1. The van der Waals surface area contributed by atoms with E-state index in [0.29, 0.717) is 24.1 Å². The van der Waals surface area contributed by atoms with Gasteiger partial charge < -0.3 is 4.74 Å². The molecular formula is C20H16N2O2. The molecule has 118 valence electrons. The first-order valence-corrected chi connectivity index (χ1v) is 7.87. The lowest BCUT2D eigenvalue weighted by Gasteiger charge is -2.09. The normalized spacial score (nSPS) is 11.0. The van der Waals surface area contributed by atoms with Crippen molar-refractivity contribution in [3.63, 3.8) is 0 Å². The molecule has 1 aromatic heterocycles. The minimum atomic E-state index is -0.0392. The van der Waals surface area contributed by atoms with Gasteiger partial charge in [-0.2, -0.15) is 0 Å². The van der Waals surface area contributed by atoms with Gasteiger partial charge in [-0.15, -0.1) is 0 Å². The van der Waals surface area contributed by atoms with Crippen LogP contribution >= 0.6 is 0 Å². The van der Waals surface area contributed by atoms with Gasteiger partial charge in [0.2, 0.25) is 0 Å². The molecule has 0 aliphatic carbocycles. The van der Waals surface area contributed by atoms with Gasteiger partial charge in [0.05, 0.1) is 23.8 Å². The van der Waals surface area contributed by atoms with Crippen LogP contribution in [0.2, 0.25) is 0 Å². The van der Waals surface area contributed by atoms with E-state index in [0.717, 1.165) is 11.1 Å². The molecule has 3 aromatic carbocycles. The zero-order chi connectivity index (χ0) is 16.4. The summed E-state index contributed by atoms with van der Waals surface area (Å²) in [5.41, 5.74) is 0.678. The van der Waals surface area contributed by atoms with Crippen LogP contribution in [0.15, 0.2) is 77.9 Å². The van der Waals surface area contributed by atoms with E-state index in [9.17, 15) is 4.79 Å². The average Bonchev–Trinajstić information content (AvgIpc) is 2.64. The van der Waals surface area contributed by atoms with Crippen molar-refractivity contribution in [2.75, 3.05) is 6.61 Å². The van der Waals surface area contributed by atoms with E-state index in [2.05, 4.69) is 17.1 Å². The van der Waals surface area contributed by atoms with Gasteiger partial charge >= 0.3 is 0 Å². The monoisotopic (exact) mass is 316 g/mol. The lowest BCUT2D eigenvalue weighted by atomic mass is 10.1. The molecular weight excluding hydrogens is 300 g/mol. The number of hydrogen-bond donors (Lipinski definition) is 0. The first-order chi connectivity index (χ1) is 11.8. The Morgan fingerprint density at radius 1 is 0.917 bits per heavy atom. The molecule has 0 unspecified atom stereocenters. The Morgan fingerprint density at radius 2 is 1.71 bits per heavy atom. The SMILES string of the molecule is O=c1c2ccccc2ncn1CCOc1ccc2ccccc2c1. The van der Waals surface area contributed by atoms with E-state index in [-0.39, 0.29) is 5.56 Å². The number of para-hydroxylation sites is 1. The molecule has 0 bridgehead atoms. The fourth-order valence-corrected chi connectivity index (χ4v) is 2.78. The highest BCUT2D eigenvalue weighted by Crippen LogP contribution is 2.20. The summed E-state index contributed by atoms with van der Waals surface area (Å²) in [6.45, 7) is 0.877. The van der Waals surface area contributed by atoms with Crippen LogP contribution < -0.4 is 10.3 Å². The molecule has 1 heterocycles. The second-order valence-electron chi connectivity index (χ2n) is 5.62. The number of hydrogen-bond acceptors (Lipinski definition) is 3. The Morgan fingerprint density at radius 3 is 2.62 bits per heavy atom. The van der Waals surface area contributed by atoms with Crippen molar-refractivity contribution in [1.82, 2.24) is 9.55 Å². The molecule has 0 aliphatic rings. The predicted octanol–water partition coefficient (Wildman–Crippen LogP) is 3.63. The van der Waals surface area contributed by atoms with Crippen LogP contribution in [0.3, 0.4) is 0 Å². The fourth-order valence-electron chi connectivity index (χ4n) is 2.78. The maximum Gasteiger partial charge on any atom is 0.261 e. The number of aromatic nitrogens is 2. The minimum absolute atomic E-state index is 0.0392. The molecule has 0 aliphatic heterocycles. The van der Waals surface area contributed by atoms with E-state index < -0.39 is 0 Å². The third kappa shape index (κ3) is 2.74. The molecule has 4 aromatic rings. The highest BCUT2D eigenvalue weighted by molar-refractivity contribution is 5.83. The van der Waals surface area contributed by atoms with E-state index in [1.165, 1.54) is 5.39 Å². The maximum atomic E-state index is 12.4. The first kappa shape index (κ1) is 14.5. The number of rotatable bonds is 4. The van der Waals surface area contributed by atoms with Crippen molar-refractivity contribution in [2.24, 2.45) is 0 Å². The van der Waals surface area contributed by atoms with E-state index in [1.54, 1.807) is 17.0 Å². The summed E-state index contributed by atoms with van der Waals surface area (Å²) in [5.74, 6) is 0.801. The summed E-state index contributed by atoms with van der Waals surface area (Å²) in [6, 6.07) is 21.5. The molecule has 0 saturated heterocycles. The largest absolute Gasteiger partial charge is 0.492 e. The van der Waals surface area contributed by atoms with E-state index >= 15 is 0 Å². The van der Waals surface area contributed by atoms with Crippen molar-refractivity contribution >= 4 is 21.7 Å². The lowest BCUT2D eigenvalue weighted by Crippen LogP contribution is -2.23. The van der Waals surface area contributed by atoms with Gasteiger partial charge in [-0.25, -0.2) is 4.98 Å². The molecule has 0 fully saturated rings. The molecule has 0 N–H and O–H groups in total. The quantitative estimate of drug-likeness (QED) is 0.577. The third-order valence-corrected chi connectivity index (χ3v) is 4.05. The topological polar surface area (TPSA) is 44.1 Å². The predicted molar refractivity (Wildman–Crippen MR) is 95.4 cm³/mol. The first-order valence-electron chi connectivity index (χ1n) is 7.87. The van der Waals surface area contributed by atoms with Crippen molar-refractivity contribution in [1.29, 1.82) is 0 Å². The van der Waals surface area contributed by atoms with Gasteiger partial charge in [0.15, 0.2) is 0 Å². The van der Waals surface area contributed by atoms with Crippen molar-refractivity contribution in [3.8, 4) is 5.75 Å². The van der Waals surface area contributed by atoms with Crippen molar-refractivity contribution < 1.29 is 4.74 Å². The lowest BCUT2D eigenvalue weighted by molar-refractivity contribution is 0.296. The van der Waals surface area contributed by atoms with Crippen LogP contribution in [-0.4, -0.2) is 16.2 Å². The summed E-state index contributed by atoms with van der Waals surface area (Å²) < 4.78 is 7.38. The molecule has 4 heteroatoms. The van der Waals surface area contributed by atoms with Crippen LogP contribution in [-0.2, 0) is 6.54 Å². The molecule has 0 radical (unpaired) electrons. The highest BCUT2D eigenvalue weighted by atomic mass is 16.5. The van der Waals surface area contributed by atoms with Gasteiger partial charge in [0.25, 0.3) is 5.56 Å². The van der Waals surface area contributed by atoms with Gasteiger partial charge in [-0.3, -0.25) is 9.36 Å². The Labute approximate surface area is 139 Å².